The van der Waals surface area contributed by atoms with Gasteiger partial charge in [0.2, 0.25) is 41.4 Å². The first-order chi connectivity index (χ1) is 33.6. The van der Waals surface area contributed by atoms with Crippen LogP contribution in [0.2, 0.25) is 0 Å². The number of amides is 7. The van der Waals surface area contributed by atoms with Crippen LogP contribution < -0.4 is 37.2 Å². The number of hydrogen-bond acceptors (Lipinski definition) is 15. The molecule has 5 fully saturated rings. The summed E-state index contributed by atoms with van der Waals surface area (Å²) in [6.07, 6.45) is 9.79. The number of rotatable bonds is 20. The Hall–Kier alpha value is -7.24. The van der Waals surface area contributed by atoms with E-state index in [1.807, 2.05) is 0 Å². The Balaban J connectivity index is 0.000000247. The van der Waals surface area contributed by atoms with Crippen LogP contribution in [-0.2, 0) is 79.9 Å². The molecule has 0 aromatic carbocycles. The number of fused-ring (bicyclic) bond motifs is 2. The highest BCUT2D eigenvalue weighted by Gasteiger charge is 2.50. The van der Waals surface area contributed by atoms with Crippen LogP contribution in [0.25, 0.3) is 0 Å². The average Bonchev–Trinajstić information content (AvgIpc) is 4.26. The van der Waals surface area contributed by atoms with E-state index < -0.39 is 12.1 Å². The van der Waals surface area contributed by atoms with Crippen molar-refractivity contribution in [3.63, 3.8) is 0 Å². The number of esters is 1. The van der Waals surface area contributed by atoms with Gasteiger partial charge in [0.05, 0.1) is 69.9 Å². The van der Waals surface area contributed by atoms with Crippen molar-refractivity contribution in [2.24, 2.45) is 0 Å². The Kier molecular flexibility index (Phi) is 24.7. The molecule has 0 spiro atoms. The molecule has 0 bridgehead atoms. The molecule has 22 nitrogen and oxygen atoms in total. The fourth-order valence-corrected chi connectivity index (χ4v) is 7.12. The normalized spacial score (nSPS) is 25.1. The summed E-state index contributed by atoms with van der Waals surface area (Å²) in [5.41, 5.74) is 0. The van der Waals surface area contributed by atoms with E-state index in [0.717, 1.165) is 18.9 Å². The van der Waals surface area contributed by atoms with Gasteiger partial charge in [0.1, 0.15) is 35.9 Å². The average molecular weight is 978 g/mol. The predicted octanol–water partition coefficient (Wildman–Crippen LogP) is -0.299. The van der Waals surface area contributed by atoms with Gasteiger partial charge in [0.15, 0.2) is 6.10 Å². The maximum atomic E-state index is 11.2. The van der Waals surface area contributed by atoms with E-state index in [1.165, 1.54) is 42.5 Å². The largest absolute Gasteiger partial charge is 0.462 e. The van der Waals surface area contributed by atoms with Gasteiger partial charge in [0.25, 0.3) is 0 Å². The lowest BCUT2D eigenvalue weighted by molar-refractivity contribution is -0.147. The highest BCUT2D eigenvalue weighted by molar-refractivity contribution is 5.89. The fourth-order valence-electron chi connectivity index (χ4n) is 7.12. The monoisotopic (exact) mass is 977 g/mol. The Morgan fingerprint density at radius 2 is 0.814 bits per heavy atom. The maximum Gasteiger partial charge on any atom is 0.330 e. The molecule has 1 aromatic rings. The number of furan rings is 1. The topological polar surface area (TPSA) is 289 Å². The minimum absolute atomic E-state index is 0.0181. The third kappa shape index (κ3) is 19.0. The third-order valence-electron chi connectivity index (χ3n) is 10.6. The summed E-state index contributed by atoms with van der Waals surface area (Å²) in [4.78, 5) is 88.5. The van der Waals surface area contributed by atoms with Gasteiger partial charge in [-0.05, 0) is 67.5 Å². The van der Waals surface area contributed by atoms with E-state index in [2.05, 4.69) is 89.8 Å². The van der Waals surface area contributed by atoms with E-state index in [1.54, 1.807) is 12.1 Å². The zero-order chi connectivity index (χ0) is 51.6. The van der Waals surface area contributed by atoms with Gasteiger partial charge in [-0.2, -0.15) is 0 Å². The number of carbonyl (C=O) groups is 8. The molecule has 0 radical (unpaired) electrons. The Morgan fingerprint density at radius 3 is 1.19 bits per heavy atom. The summed E-state index contributed by atoms with van der Waals surface area (Å²) in [5, 5.41) is 18.8. The first-order valence-corrected chi connectivity index (χ1v) is 22.0. The van der Waals surface area contributed by atoms with Gasteiger partial charge in [-0.1, -0.05) is 52.6 Å². The van der Waals surface area contributed by atoms with Crippen molar-refractivity contribution in [2.75, 3.05) is 39.5 Å². The van der Waals surface area contributed by atoms with Gasteiger partial charge < -0.3 is 70.1 Å². The van der Waals surface area contributed by atoms with Crippen molar-refractivity contribution in [1.29, 1.82) is 0 Å². The van der Waals surface area contributed by atoms with Crippen LogP contribution in [0.1, 0.15) is 24.4 Å². The van der Waals surface area contributed by atoms with Crippen LogP contribution in [-0.4, -0.2) is 148 Å². The maximum absolute atomic E-state index is 11.2. The third-order valence-corrected chi connectivity index (χ3v) is 10.6. The molecular weight excluding hydrogens is 915 g/mol. The highest BCUT2D eigenvalue weighted by atomic mass is 16.6. The van der Waals surface area contributed by atoms with Crippen LogP contribution in [0.15, 0.2) is 118 Å². The molecule has 6 rings (SSSR count). The van der Waals surface area contributed by atoms with E-state index in [0.29, 0.717) is 57.5 Å². The Morgan fingerprint density at radius 1 is 0.471 bits per heavy atom. The summed E-state index contributed by atoms with van der Waals surface area (Å²) in [5.74, 6) is -0.991. The van der Waals surface area contributed by atoms with Crippen LogP contribution in [0.3, 0.4) is 0 Å². The molecular formula is C48H63N7O15. The molecule has 22 heteroatoms. The second-order valence-corrected chi connectivity index (χ2v) is 15.4. The Labute approximate surface area is 406 Å². The van der Waals surface area contributed by atoms with Crippen LogP contribution in [0.4, 0.5) is 0 Å². The summed E-state index contributed by atoms with van der Waals surface area (Å²) < 4.78 is 38.3. The minimum atomic E-state index is -0.508. The number of ether oxygens (including phenoxy) is 6. The highest BCUT2D eigenvalue weighted by Crippen LogP contribution is 2.29. The van der Waals surface area contributed by atoms with Gasteiger partial charge in [-0.3, -0.25) is 33.6 Å². The van der Waals surface area contributed by atoms with E-state index in [-0.39, 0.29) is 103 Å². The van der Waals surface area contributed by atoms with Crippen molar-refractivity contribution < 1.29 is 71.2 Å². The summed E-state index contributed by atoms with van der Waals surface area (Å²) in [6.45, 7) is 29.8. The lowest BCUT2D eigenvalue weighted by Gasteiger charge is -2.17. The van der Waals surface area contributed by atoms with Gasteiger partial charge in [0, 0.05) is 19.2 Å². The van der Waals surface area contributed by atoms with Crippen LogP contribution >= 0.6 is 0 Å². The van der Waals surface area contributed by atoms with Crippen molar-refractivity contribution in [2.45, 2.75) is 86.8 Å². The Bertz CT molecular complexity index is 1880. The van der Waals surface area contributed by atoms with Crippen molar-refractivity contribution in [1.82, 2.24) is 37.2 Å². The first kappa shape index (κ1) is 57.1. The van der Waals surface area contributed by atoms with Crippen molar-refractivity contribution in [3.8, 4) is 0 Å². The number of nitrogens with one attached hydrogen (secondary N) is 7. The molecule has 70 heavy (non-hydrogen) atoms. The lowest BCUT2D eigenvalue weighted by atomic mass is 10.1. The van der Waals surface area contributed by atoms with Crippen molar-refractivity contribution in [3.05, 3.63) is 125 Å². The molecule has 7 N–H and O–H groups in total. The second kappa shape index (κ2) is 30.3. The second-order valence-electron chi connectivity index (χ2n) is 15.4. The zero-order valence-electron chi connectivity index (χ0n) is 38.9. The molecule has 5 aliphatic rings. The van der Waals surface area contributed by atoms with Crippen LogP contribution in [0.5, 0.6) is 0 Å². The quantitative estimate of drug-likeness (QED) is 0.0653. The summed E-state index contributed by atoms with van der Waals surface area (Å²) in [7, 11) is 0. The molecule has 5 aliphatic heterocycles. The predicted molar refractivity (Wildman–Crippen MR) is 253 cm³/mol. The fraction of sp³-hybridized carbons (Fsp3) is 0.417. The first-order valence-electron chi connectivity index (χ1n) is 22.0. The molecule has 0 saturated carbocycles. The number of carbonyl (C=O) groups excluding carboxylic acids is 8. The van der Waals surface area contributed by atoms with Crippen LogP contribution in [0, 0.1) is 0 Å². The van der Waals surface area contributed by atoms with E-state index in [4.69, 9.17) is 32.8 Å². The smallest absolute Gasteiger partial charge is 0.330 e. The standard InChI is InChI=1S/C12H16N2O4.C12H18N2O3.C12H14N2O3.C12H15NO5/c1-3-9(15)13-7-5-17-12-8(6-18-11(7)12)14-10(16)4-2;2*1-3-11(15)13-7-9-5-6-10(17-9)8-14-12(16)4-2;1-3-9(14)13-7-5-16-12-8(6-17-11(7)12)18-10(15)4-2/h3-4,7-8,11-12H,1-2,5-6H2,(H,13,15)(H,14,16);3-4,9-10H,1-2,5-8H2,(H,13,15)(H,14,16);3-6H,1-2,7-8H2,(H,13,15)(H,14,16);3-4,7-8,11-12H,1-2,5-6H2,(H,13,14). The molecule has 6 heterocycles. The van der Waals surface area contributed by atoms with Gasteiger partial charge in [-0.15, -0.1) is 0 Å². The molecule has 7 amide bonds. The lowest BCUT2D eigenvalue weighted by Crippen LogP contribution is -2.46. The minimum Gasteiger partial charge on any atom is -0.462 e. The molecule has 10 unspecified atom stereocenters. The van der Waals surface area contributed by atoms with Gasteiger partial charge >= 0.3 is 5.97 Å². The molecule has 1 aromatic heterocycles. The van der Waals surface area contributed by atoms with E-state index in [9.17, 15) is 38.4 Å². The molecule has 380 valence electrons. The number of hydrogen-bond donors (Lipinski definition) is 7. The summed E-state index contributed by atoms with van der Waals surface area (Å²) in [6, 6.07) is 2.82. The summed E-state index contributed by atoms with van der Waals surface area (Å²) >= 11 is 0. The molecule has 10 atom stereocenters. The molecule has 0 aliphatic carbocycles. The zero-order valence-corrected chi connectivity index (χ0v) is 38.9. The van der Waals surface area contributed by atoms with Gasteiger partial charge in [-0.25, -0.2) is 4.79 Å². The SMILES string of the molecule is C=CC(=O)NC1COC2C(NC(=O)C=C)COC12.C=CC(=O)NC1COC2C(OC(=O)C=C)COC12.C=CC(=O)NCC1CCC(CNC(=O)C=C)O1.C=CC(=O)NCc1ccc(CNC(=O)C=C)o1. The van der Waals surface area contributed by atoms with E-state index >= 15 is 0 Å². The van der Waals surface area contributed by atoms with Crippen molar-refractivity contribution >= 4 is 47.3 Å². The molecule has 5 saturated heterocycles.